The van der Waals surface area contributed by atoms with E-state index >= 15 is 0 Å². The van der Waals surface area contributed by atoms with E-state index in [1.54, 1.807) is 0 Å². The van der Waals surface area contributed by atoms with Crippen LogP contribution in [0, 0.1) is 0 Å². The highest BCUT2D eigenvalue weighted by molar-refractivity contribution is 7.89. The Kier molecular flexibility index (Phi) is 8.98. The van der Waals surface area contributed by atoms with Gasteiger partial charge in [0.1, 0.15) is 0 Å². The lowest BCUT2D eigenvalue weighted by Crippen LogP contribution is -2.34. The smallest absolute Gasteiger partial charge is 0.212 e. The van der Waals surface area contributed by atoms with Crippen LogP contribution in [0.3, 0.4) is 0 Å². The number of hydrogen-bond donors (Lipinski definition) is 2. The van der Waals surface area contributed by atoms with Crippen LogP contribution in [0.15, 0.2) is 0 Å². The first-order valence-electron chi connectivity index (χ1n) is 5.38. The Balaban J connectivity index is 3.50. The average Bonchev–Trinajstić information content (AvgIpc) is 2.20. The van der Waals surface area contributed by atoms with Gasteiger partial charge in [0.15, 0.2) is 0 Å². The second-order valence-corrected chi connectivity index (χ2v) is 5.09. The number of nitrogens with one attached hydrogen (secondary N) is 2. The van der Waals surface area contributed by atoms with E-state index < -0.39 is 10.0 Å². The maximum Gasteiger partial charge on any atom is 0.212 e. The first-order chi connectivity index (χ1) is 7.12. The van der Waals surface area contributed by atoms with Crippen LogP contribution in [-0.4, -0.2) is 47.0 Å². The SMILES string of the molecule is CCCNCCS(=O)(=O)NCCOCC. The van der Waals surface area contributed by atoms with Gasteiger partial charge in [-0.25, -0.2) is 13.1 Å². The minimum absolute atomic E-state index is 0.124. The number of rotatable bonds is 10. The van der Waals surface area contributed by atoms with Crippen LogP contribution in [0.25, 0.3) is 0 Å². The maximum atomic E-state index is 11.4. The summed E-state index contributed by atoms with van der Waals surface area (Å²) in [5, 5.41) is 3.04. The van der Waals surface area contributed by atoms with Crippen LogP contribution >= 0.6 is 0 Å². The fraction of sp³-hybridized carbons (Fsp3) is 1.00. The summed E-state index contributed by atoms with van der Waals surface area (Å²) >= 11 is 0. The van der Waals surface area contributed by atoms with E-state index in [4.69, 9.17) is 4.74 Å². The van der Waals surface area contributed by atoms with Gasteiger partial charge in [-0.05, 0) is 19.9 Å². The molecule has 2 N–H and O–H groups in total. The van der Waals surface area contributed by atoms with E-state index in [-0.39, 0.29) is 5.75 Å². The van der Waals surface area contributed by atoms with Gasteiger partial charge in [0, 0.05) is 19.7 Å². The van der Waals surface area contributed by atoms with E-state index in [9.17, 15) is 8.42 Å². The minimum Gasteiger partial charge on any atom is -0.380 e. The van der Waals surface area contributed by atoms with E-state index in [2.05, 4.69) is 10.0 Å². The average molecular weight is 238 g/mol. The zero-order chi connectivity index (χ0) is 11.6. The highest BCUT2D eigenvalue weighted by Gasteiger charge is 2.07. The molecule has 0 aliphatic heterocycles. The van der Waals surface area contributed by atoms with Crippen LogP contribution in [0.2, 0.25) is 0 Å². The van der Waals surface area contributed by atoms with Crippen molar-refractivity contribution in [3.8, 4) is 0 Å². The summed E-state index contributed by atoms with van der Waals surface area (Å²) in [6.07, 6.45) is 1.01. The molecule has 0 rings (SSSR count). The lowest BCUT2D eigenvalue weighted by atomic mass is 10.5. The molecule has 0 aliphatic carbocycles. The van der Waals surface area contributed by atoms with E-state index in [0.29, 0.717) is 26.3 Å². The molecule has 0 saturated carbocycles. The largest absolute Gasteiger partial charge is 0.380 e. The minimum atomic E-state index is -3.14. The fourth-order valence-corrected chi connectivity index (χ4v) is 1.95. The van der Waals surface area contributed by atoms with Crippen molar-refractivity contribution in [2.45, 2.75) is 20.3 Å². The Bertz CT molecular complexity index is 212. The molecule has 0 fully saturated rings. The Morgan fingerprint density at radius 1 is 1.13 bits per heavy atom. The lowest BCUT2D eigenvalue weighted by molar-refractivity contribution is 0.153. The van der Waals surface area contributed by atoms with Gasteiger partial charge in [0.05, 0.1) is 12.4 Å². The van der Waals surface area contributed by atoms with Crippen molar-refractivity contribution in [1.29, 1.82) is 0 Å². The van der Waals surface area contributed by atoms with E-state index in [0.717, 1.165) is 13.0 Å². The van der Waals surface area contributed by atoms with Crippen molar-refractivity contribution >= 4 is 10.0 Å². The summed E-state index contributed by atoms with van der Waals surface area (Å²) in [6, 6.07) is 0. The van der Waals surface area contributed by atoms with Crippen molar-refractivity contribution in [2.24, 2.45) is 0 Å². The van der Waals surface area contributed by atoms with Crippen molar-refractivity contribution in [3.05, 3.63) is 0 Å². The third-order valence-corrected chi connectivity index (χ3v) is 3.13. The van der Waals surface area contributed by atoms with Gasteiger partial charge in [-0.3, -0.25) is 0 Å². The van der Waals surface area contributed by atoms with Crippen LogP contribution in [0.1, 0.15) is 20.3 Å². The molecule has 5 nitrogen and oxygen atoms in total. The summed E-state index contributed by atoms with van der Waals surface area (Å²) < 4.78 is 30.2. The van der Waals surface area contributed by atoms with Gasteiger partial charge in [-0.15, -0.1) is 0 Å². The summed E-state index contributed by atoms with van der Waals surface area (Å²) in [4.78, 5) is 0. The Morgan fingerprint density at radius 2 is 1.87 bits per heavy atom. The van der Waals surface area contributed by atoms with Crippen LogP contribution < -0.4 is 10.0 Å². The molecule has 0 aromatic carbocycles. The predicted molar refractivity (Wildman–Crippen MR) is 61.4 cm³/mol. The van der Waals surface area contributed by atoms with E-state index in [1.165, 1.54) is 0 Å². The third-order valence-electron chi connectivity index (χ3n) is 1.75. The van der Waals surface area contributed by atoms with Crippen LogP contribution in [-0.2, 0) is 14.8 Å². The molecule has 15 heavy (non-hydrogen) atoms. The zero-order valence-electron chi connectivity index (χ0n) is 9.58. The lowest BCUT2D eigenvalue weighted by Gasteiger charge is -2.07. The highest BCUT2D eigenvalue weighted by Crippen LogP contribution is 1.83. The standard InChI is InChI=1S/C9H22N2O3S/c1-3-5-10-7-9-15(12,13)11-6-8-14-4-2/h10-11H,3-9H2,1-2H3. The zero-order valence-corrected chi connectivity index (χ0v) is 10.4. The monoisotopic (exact) mass is 238 g/mol. The molecule has 0 amide bonds. The first kappa shape index (κ1) is 14.8. The second-order valence-electron chi connectivity index (χ2n) is 3.16. The Labute approximate surface area is 92.6 Å². The molecule has 0 aromatic rings. The molecule has 0 aliphatic rings. The molecular formula is C9H22N2O3S. The Morgan fingerprint density at radius 3 is 2.47 bits per heavy atom. The quantitative estimate of drug-likeness (QED) is 0.523. The van der Waals surface area contributed by atoms with Gasteiger partial charge in [0.25, 0.3) is 0 Å². The molecule has 0 unspecified atom stereocenters. The van der Waals surface area contributed by atoms with Crippen molar-refractivity contribution in [1.82, 2.24) is 10.0 Å². The molecule has 0 saturated heterocycles. The van der Waals surface area contributed by atoms with Crippen molar-refractivity contribution in [3.63, 3.8) is 0 Å². The fourth-order valence-electron chi connectivity index (χ4n) is 0.994. The summed E-state index contributed by atoms with van der Waals surface area (Å²) in [6.45, 7) is 6.67. The molecule has 6 heteroatoms. The van der Waals surface area contributed by atoms with Gasteiger partial charge < -0.3 is 10.1 Å². The number of sulfonamides is 1. The number of ether oxygens (including phenoxy) is 1. The van der Waals surface area contributed by atoms with Gasteiger partial charge in [0.2, 0.25) is 10.0 Å². The predicted octanol–water partition coefficient (Wildman–Crippen LogP) is -0.0581. The third kappa shape index (κ3) is 10.1. The second kappa shape index (κ2) is 9.08. The van der Waals surface area contributed by atoms with Gasteiger partial charge in [-0.1, -0.05) is 6.92 Å². The molecule has 0 aromatic heterocycles. The van der Waals surface area contributed by atoms with Crippen LogP contribution in [0.4, 0.5) is 0 Å². The first-order valence-corrected chi connectivity index (χ1v) is 7.03. The van der Waals surface area contributed by atoms with Gasteiger partial charge in [-0.2, -0.15) is 0 Å². The molecule has 0 bridgehead atoms. The van der Waals surface area contributed by atoms with Crippen molar-refractivity contribution in [2.75, 3.05) is 38.6 Å². The maximum absolute atomic E-state index is 11.4. The highest BCUT2D eigenvalue weighted by atomic mass is 32.2. The molecule has 0 heterocycles. The number of hydrogen-bond acceptors (Lipinski definition) is 4. The van der Waals surface area contributed by atoms with Crippen molar-refractivity contribution < 1.29 is 13.2 Å². The normalized spacial score (nSPS) is 11.9. The van der Waals surface area contributed by atoms with Gasteiger partial charge >= 0.3 is 0 Å². The summed E-state index contributed by atoms with van der Waals surface area (Å²) in [5.41, 5.74) is 0. The molecule has 0 atom stereocenters. The molecule has 92 valence electrons. The van der Waals surface area contributed by atoms with Crippen LogP contribution in [0.5, 0.6) is 0 Å². The topological polar surface area (TPSA) is 67.4 Å². The molecular weight excluding hydrogens is 216 g/mol. The summed E-state index contributed by atoms with van der Waals surface area (Å²) in [5.74, 6) is 0.124. The molecule has 0 radical (unpaired) electrons. The molecule has 0 spiro atoms. The summed E-state index contributed by atoms with van der Waals surface area (Å²) in [7, 11) is -3.14. The Hall–Kier alpha value is -0.170. The van der Waals surface area contributed by atoms with E-state index in [1.807, 2.05) is 13.8 Å².